The molecule has 0 spiro atoms. The smallest absolute Gasteiger partial charge is 0.251 e. The number of imide groups is 1. The van der Waals surface area contributed by atoms with Gasteiger partial charge in [0.15, 0.2) is 0 Å². The van der Waals surface area contributed by atoms with E-state index in [0.717, 1.165) is 0 Å². The van der Waals surface area contributed by atoms with E-state index in [-0.39, 0.29) is 30.1 Å². The molecule has 3 rings (SSSR count). The number of ether oxygens (including phenoxy) is 2. The molecule has 2 heterocycles. The highest BCUT2D eigenvalue weighted by Crippen LogP contribution is 2.36. The van der Waals surface area contributed by atoms with Crippen molar-refractivity contribution in [2.75, 3.05) is 32.2 Å². The topological polar surface area (TPSA) is 102 Å². The molecule has 2 N–H and O–H groups in total. The van der Waals surface area contributed by atoms with Crippen molar-refractivity contribution < 1.29 is 23.9 Å². The Morgan fingerprint density at radius 1 is 1.15 bits per heavy atom. The number of anilines is 1. The van der Waals surface area contributed by atoms with E-state index in [1.165, 1.54) is 19.1 Å². The Balaban J connectivity index is 1.81. The van der Waals surface area contributed by atoms with Gasteiger partial charge in [-0.05, 0) is 38.1 Å². The van der Waals surface area contributed by atoms with Crippen LogP contribution in [-0.2, 0) is 14.4 Å². The molecular formula is C18H23N3O5. The lowest BCUT2D eigenvalue weighted by atomic mass is 9.95. The molecule has 8 nitrogen and oxygen atoms in total. The van der Waals surface area contributed by atoms with Gasteiger partial charge >= 0.3 is 0 Å². The highest BCUT2D eigenvalue weighted by atomic mass is 16.5. The highest BCUT2D eigenvalue weighted by Gasteiger charge is 2.44. The number of nitrogens with two attached hydrogens (primary N) is 1. The molecule has 0 bridgehead atoms. The minimum atomic E-state index is -0.521. The Kier molecular flexibility index (Phi) is 5.13. The standard InChI is InChI=1S/C18H23N3O5/c1-25-12-3-4-15(26-2)13(9-12)21-16(22)10-14(18(21)24)20-7-5-11(6-8-20)17(19)23/h3-4,9,11,14H,5-8,10H2,1-2H3,(H2,19,23)/t14-/m0/s1. The fourth-order valence-electron chi connectivity index (χ4n) is 3.62. The van der Waals surface area contributed by atoms with Crippen LogP contribution in [-0.4, -0.2) is 56.0 Å². The number of hydrogen-bond acceptors (Lipinski definition) is 6. The van der Waals surface area contributed by atoms with Crippen molar-refractivity contribution in [2.24, 2.45) is 11.7 Å². The molecule has 1 aromatic rings. The third kappa shape index (κ3) is 3.24. The number of hydrogen-bond donors (Lipinski definition) is 1. The van der Waals surface area contributed by atoms with Gasteiger partial charge in [-0.2, -0.15) is 0 Å². The summed E-state index contributed by atoms with van der Waals surface area (Å²) in [5, 5.41) is 0. The number of piperidine rings is 1. The summed E-state index contributed by atoms with van der Waals surface area (Å²) in [6, 6.07) is 4.48. The summed E-state index contributed by atoms with van der Waals surface area (Å²) in [5.74, 6) is -0.0513. The highest BCUT2D eigenvalue weighted by molar-refractivity contribution is 6.23. The zero-order chi connectivity index (χ0) is 18.8. The van der Waals surface area contributed by atoms with Crippen LogP contribution < -0.4 is 20.1 Å². The Hall–Kier alpha value is -2.61. The second kappa shape index (κ2) is 7.33. The van der Waals surface area contributed by atoms with Gasteiger partial charge in [0.05, 0.1) is 32.4 Å². The Labute approximate surface area is 151 Å². The van der Waals surface area contributed by atoms with Gasteiger partial charge in [0.2, 0.25) is 11.8 Å². The number of nitrogens with zero attached hydrogens (tertiary/aromatic N) is 2. The molecule has 0 aliphatic carbocycles. The fraction of sp³-hybridized carbons (Fsp3) is 0.500. The van der Waals surface area contributed by atoms with Crippen molar-refractivity contribution in [1.82, 2.24) is 4.90 Å². The van der Waals surface area contributed by atoms with Crippen LogP contribution in [0.25, 0.3) is 0 Å². The molecule has 0 aromatic heterocycles. The summed E-state index contributed by atoms with van der Waals surface area (Å²) in [6.07, 6.45) is 1.33. The van der Waals surface area contributed by atoms with Crippen LogP contribution in [0, 0.1) is 5.92 Å². The number of benzene rings is 1. The molecule has 0 saturated carbocycles. The second-order valence-electron chi connectivity index (χ2n) is 6.54. The molecular weight excluding hydrogens is 338 g/mol. The van der Waals surface area contributed by atoms with Crippen LogP contribution >= 0.6 is 0 Å². The lowest BCUT2D eigenvalue weighted by molar-refractivity contribution is -0.124. The van der Waals surface area contributed by atoms with Crippen LogP contribution in [0.1, 0.15) is 19.3 Å². The summed E-state index contributed by atoms with van der Waals surface area (Å²) in [6.45, 7) is 1.14. The zero-order valence-corrected chi connectivity index (χ0v) is 14.9. The van der Waals surface area contributed by atoms with Crippen LogP contribution in [0.4, 0.5) is 5.69 Å². The molecule has 8 heteroatoms. The number of carbonyl (C=O) groups excluding carboxylic acids is 3. The van der Waals surface area contributed by atoms with E-state index in [4.69, 9.17) is 15.2 Å². The second-order valence-corrected chi connectivity index (χ2v) is 6.54. The minimum absolute atomic E-state index is 0.112. The number of primary amides is 1. The van der Waals surface area contributed by atoms with E-state index in [0.29, 0.717) is 43.1 Å². The summed E-state index contributed by atoms with van der Waals surface area (Å²) in [4.78, 5) is 40.0. The molecule has 2 aliphatic rings. The molecule has 2 aliphatic heterocycles. The number of amides is 3. The van der Waals surface area contributed by atoms with Gasteiger partial charge in [0.25, 0.3) is 5.91 Å². The minimum Gasteiger partial charge on any atom is -0.497 e. The zero-order valence-electron chi connectivity index (χ0n) is 14.9. The monoisotopic (exact) mass is 361 g/mol. The van der Waals surface area contributed by atoms with Crippen LogP contribution in [0.15, 0.2) is 18.2 Å². The maximum absolute atomic E-state index is 13.0. The maximum Gasteiger partial charge on any atom is 0.251 e. The first-order chi connectivity index (χ1) is 12.5. The van der Waals surface area contributed by atoms with E-state index in [2.05, 4.69) is 0 Å². The molecule has 26 heavy (non-hydrogen) atoms. The summed E-state index contributed by atoms with van der Waals surface area (Å²) < 4.78 is 10.5. The predicted octanol–water partition coefficient (Wildman–Crippen LogP) is 0.533. The molecule has 2 saturated heterocycles. The average Bonchev–Trinajstić information content (AvgIpc) is 2.95. The first-order valence-corrected chi connectivity index (χ1v) is 8.58. The van der Waals surface area contributed by atoms with Gasteiger partial charge < -0.3 is 15.2 Å². The molecule has 0 unspecified atom stereocenters. The van der Waals surface area contributed by atoms with Crippen molar-refractivity contribution in [1.29, 1.82) is 0 Å². The van der Waals surface area contributed by atoms with Crippen LogP contribution in [0.2, 0.25) is 0 Å². The number of methoxy groups -OCH3 is 2. The fourth-order valence-corrected chi connectivity index (χ4v) is 3.62. The van der Waals surface area contributed by atoms with Gasteiger partial charge in [0.1, 0.15) is 11.5 Å². The molecule has 140 valence electrons. The number of likely N-dealkylation sites (tertiary alicyclic amines) is 1. The molecule has 2 fully saturated rings. The SMILES string of the molecule is COc1ccc(OC)c(N2C(=O)C[C@H](N3CCC(C(N)=O)CC3)C2=O)c1. The Morgan fingerprint density at radius 2 is 1.85 bits per heavy atom. The van der Waals surface area contributed by atoms with Gasteiger partial charge in [-0.3, -0.25) is 19.3 Å². The summed E-state index contributed by atoms with van der Waals surface area (Å²) in [5.41, 5.74) is 5.75. The van der Waals surface area contributed by atoms with Crippen molar-refractivity contribution in [2.45, 2.75) is 25.3 Å². The Morgan fingerprint density at radius 3 is 2.42 bits per heavy atom. The maximum atomic E-state index is 13.0. The van der Waals surface area contributed by atoms with Crippen molar-refractivity contribution in [3.05, 3.63) is 18.2 Å². The van der Waals surface area contributed by atoms with E-state index in [9.17, 15) is 14.4 Å². The summed E-state index contributed by atoms with van der Waals surface area (Å²) >= 11 is 0. The predicted molar refractivity (Wildman–Crippen MR) is 93.9 cm³/mol. The van der Waals surface area contributed by atoms with E-state index < -0.39 is 6.04 Å². The first-order valence-electron chi connectivity index (χ1n) is 8.58. The van der Waals surface area contributed by atoms with Crippen molar-refractivity contribution in [3.63, 3.8) is 0 Å². The van der Waals surface area contributed by atoms with Crippen molar-refractivity contribution >= 4 is 23.4 Å². The summed E-state index contributed by atoms with van der Waals surface area (Å²) in [7, 11) is 3.01. The Bertz CT molecular complexity index is 728. The van der Waals surface area contributed by atoms with Crippen molar-refractivity contribution in [3.8, 4) is 11.5 Å². The normalized spacial score (nSPS) is 21.9. The molecule has 1 aromatic carbocycles. The van der Waals surface area contributed by atoms with Gasteiger partial charge in [-0.15, -0.1) is 0 Å². The quantitative estimate of drug-likeness (QED) is 0.768. The average molecular weight is 361 g/mol. The van der Waals surface area contributed by atoms with E-state index in [1.54, 1.807) is 18.2 Å². The molecule has 3 amide bonds. The third-order valence-electron chi connectivity index (χ3n) is 5.12. The third-order valence-corrected chi connectivity index (χ3v) is 5.12. The molecule has 0 radical (unpaired) electrons. The van der Waals surface area contributed by atoms with Gasteiger partial charge in [0, 0.05) is 12.0 Å². The van der Waals surface area contributed by atoms with Crippen LogP contribution in [0.3, 0.4) is 0 Å². The van der Waals surface area contributed by atoms with E-state index in [1.807, 2.05) is 4.90 Å². The lowest BCUT2D eigenvalue weighted by Crippen LogP contribution is -2.47. The van der Waals surface area contributed by atoms with Gasteiger partial charge in [-0.1, -0.05) is 0 Å². The number of carbonyl (C=O) groups is 3. The van der Waals surface area contributed by atoms with Crippen LogP contribution in [0.5, 0.6) is 11.5 Å². The first kappa shape index (κ1) is 18.2. The largest absolute Gasteiger partial charge is 0.497 e. The van der Waals surface area contributed by atoms with E-state index >= 15 is 0 Å². The lowest BCUT2D eigenvalue weighted by Gasteiger charge is -2.33. The number of rotatable bonds is 5. The van der Waals surface area contributed by atoms with Gasteiger partial charge in [-0.25, -0.2) is 4.90 Å². The molecule has 1 atom stereocenters.